The Labute approximate surface area is 164 Å². The topological polar surface area (TPSA) is 53.9 Å². The molecule has 0 heterocycles. The largest absolute Gasteiger partial charge is 0.393 e. The van der Waals surface area contributed by atoms with Crippen LogP contribution in [0.2, 0.25) is 5.02 Å². The molecule has 0 radical (unpaired) electrons. The minimum atomic E-state index is -0.600. The average molecular weight is 393 g/mol. The molecule has 0 aliphatic carbocycles. The van der Waals surface area contributed by atoms with Gasteiger partial charge < -0.3 is 15.3 Å². The summed E-state index contributed by atoms with van der Waals surface area (Å²) in [6.45, 7) is 3.30. The summed E-state index contributed by atoms with van der Waals surface area (Å²) in [6.07, 6.45) is -0.600. The van der Waals surface area contributed by atoms with Gasteiger partial charge in [-0.25, -0.2) is 0 Å². The van der Waals surface area contributed by atoms with Crippen LogP contribution >= 0.6 is 23.4 Å². The molecule has 0 fully saturated rings. The number of oxime groups is 1. The standard InChI is InChI=1S/C20H25ClN2O2S/c1-16(19-9-5-6-10-20(19)21)23-25-14-18(24)13-22-11-12-26-15-17-7-3-2-4-8-17/h2-10,18,22,24H,11-15H2,1H3/b23-16-/t18-/m1/s1. The van der Waals surface area contributed by atoms with E-state index >= 15 is 0 Å². The molecule has 0 aliphatic heterocycles. The highest BCUT2D eigenvalue weighted by Gasteiger charge is 2.06. The SMILES string of the molecule is C/C(=N/OC[C@H](O)CNCCSCc1ccccc1)c1ccccc1Cl. The molecule has 2 aromatic carbocycles. The fourth-order valence-corrected chi connectivity index (χ4v) is 3.39. The van der Waals surface area contributed by atoms with Gasteiger partial charge >= 0.3 is 0 Å². The molecule has 26 heavy (non-hydrogen) atoms. The molecule has 0 saturated carbocycles. The summed E-state index contributed by atoms with van der Waals surface area (Å²) >= 11 is 7.98. The van der Waals surface area contributed by atoms with Crippen molar-refractivity contribution in [2.75, 3.05) is 25.4 Å². The molecule has 0 aliphatic rings. The lowest BCUT2D eigenvalue weighted by molar-refractivity contribution is 0.0407. The zero-order chi connectivity index (χ0) is 18.6. The number of benzene rings is 2. The van der Waals surface area contributed by atoms with Gasteiger partial charge in [0.2, 0.25) is 0 Å². The lowest BCUT2D eigenvalue weighted by atomic mass is 10.1. The summed E-state index contributed by atoms with van der Waals surface area (Å²) in [5, 5.41) is 17.8. The maximum absolute atomic E-state index is 9.93. The second-order valence-corrected chi connectivity index (χ2v) is 7.36. The van der Waals surface area contributed by atoms with E-state index in [1.165, 1.54) is 5.56 Å². The van der Waals surface area contributed by atoms with E-state index in [4.69, 9.17) is 16.4 Å². The first-order valence-electron chi connectivity index (χ1n) is 8.58. The van der Waals surface area contributed by atoms with Crippen molar-refractivity contribution in [3.63, 3.8) is 0 Å². The van der Waals surface area contributed by atoms with Gasteiger partial charge in [0.15, 0.2) is 0 Å². The van der Waals surface area contributed by atoms with Crippen LogP contribution in [0.5, 0.6) is 0 Å². The molecule has 140 valence electrons. The fraction of sp³-hybridized carbons (Fsp3) is 0.350. The maximum Gasteiger partial charge on any atom is 0.144 e. The van der Waals surface area contributed by atoms with Crippen LogP contribution in [0.25, 0.3) is 0 Å². The first-order chi connectivity index (χ1) is 12.7. The molecule has 6 heteroatoms. The molecule has 0 spiro atoms. The van der Waals surface area contributed by atoms with Crippen LogP contribution in [0.4, 0.5) is 0 Å². The van der Waals surface area contributed by atoms with Gasteiger partial charge in [-0.2, -0.15) is 11.8 Å². The minimum absolute atomic E-state index is 0.145. The number of halogens is 1. The molecule has 0 aromatic heterocycles. The van der Waals surface area contributed by atoms with Gasteiger partial charge in [-0.15, -0.1) is 0 Å². The Hall–Kier alpha value is -1.53. The summed E-state index contributed by atoms with van der Waals surface area (Å²) < 4.78 is 0. The monoisotopic (exact) mass is 392 g/mol. The van der Waals surface area contributed by atoms with Gasteiger partial charge in [0.05, 0.1) is 5.71 Å². The van der Waals surface area contributed by atoms with Gasteiger partial charge in [0.1, 0.15) is 12.7 Å². The highest BCUT2D eigenvalue weighted by atomic mass is 35.5. The number of rotatable bonds is 11. The van der Waals surface area contributed by atoms with Crippen molar-refractivity contribution in [3.8, 4) is 0 Å². The molecule has 2 rings (SSSR count). The van der Waals surface area contributed by atoms with Crippen molar-refractivity contribution in [1.29, 1.82) is 0 Å². The number of nitrogens with one attached hydrogen (secondary N) is 1. The van der Waals surface area contributed by atoms with E-state index in [0.29, 0.717) is 17.3 Å². The van der Waals surface area contributed by atoms with Crippen molar-refractivity contribution >= 4 is 29.1 Å². The third kappa shape index (κ3) is 7.79. The number of aliphatic hydroxyl groups is 1. The van der Waals surface area contributed by atoms with E-state index in [9.17, 15) is 5.11 Å². The molecule has 0 unspecified atom stereocenters. The van der Waals surface area contributed by atoms with Crippen LogP contribution in [0.15, 0.2) is 59.8 Å². The molecular weight excluding hydrogens is 368 g/mol. The van der Waals surface area contributed by atoms with Gasteiger partial charge in [-0.05, 0) is 18.6 Å². The van der Waals surface area contributed by atoms with Crippen LogP contribution in [0.1, 0.15) is 18.1 Å². The van der Waals surface area contributed by atoms with Crippen LogP contribution in [0, 0.1) is 0 Å². The number of hydrogen-bond acceptors (Lipinski definition) is 5. The highest BCUT2D eigenvalue weighted by molar-refractivity contribution is 7.98. The fourth-order valence-electron chi connectivity index (χ4n) is 2.26. The van der Waals surface area contributed by atoms with Crippen LogP contribution in [-0.4, -0.2) is 42.4 Å². The average Bonchev–Trinajstić information content (AvgIpc) is 2.65. The Morgan fingerprint density at radius 2 is 1.92 bits per heavy atom. The second-order valence-electron chi connectivity index (χ2n) is 5.85. The second kappa shape index (κ2) is 12.0. The van der Waals surface area contributed by atoms with Gasteiger partial charge in [-0.3, -0.25) is 0 Å². The lowest BCUT2D eigenvalue weighted by Gasteiger charge is -2.11. The molecule has 2 N–H and O–H groups in total. The lowest BCUT2D eigenvalue weighted by Crippen LogP contribution is -2.31. The molecule has 0 saturated heterocycles. The van der Waals surface area contributed by atoms with E-state index in [0.717, 1.165) is 23.6 Å². The number of thioether (sulfide) groups is 1. The van der Waals surface area contributed by atoms with E-state index in [1.54, 1.807) is 0 Å². The van der Waals surface area contributed by atoms with Crippen LogP contribution in [-0.2, 0) is 10.6 Å². The first kappa shape index (κ1) is 20.8. The van der Waals surface area contributed by atoms with E-state index in [2.05, 4.69) is 34.7 Å². The van der Waals surface area contributed by atoms with Crippen molar-refractivity contribution in [2.24, 2.45) is 5.16 Å². The maximum atomic E-state index is 9.93. The van der Waals surface area contributed by atoms with Crippen LogP contribution < -0.4 is 5.32 Å². The Morgan fingerprint density at radius 1 is 1.19 bits per heavy atom. The third-order valence-corrected chi connectivity index (χ3v) is 5.01. The summed E-state index contributed by atoms with van der Waals surface area (Å²) in [4.78, 5) is 5.24. The quantitative estimate of drug-likeness (QED) is 0.345. The summed E-state index contributed by atoms with van der Waals surface area (Å²) in [5.41, 5.74) is 2.85. The van der Waals surface area contributed by atoms with Gasteiger partial charge in [0, 0.05) is 35.2 Å². The van der Waals surface area contributed by atoms with E-state index in [1.807, 2.05) is 49.0 Å². The Kier molecular flexibility index (Phi) is 9.56. The van der Waals surface area contributed by atoms with Crippen molar-refractivity contribution in [2.45, 2.75) is 18.8 Å². The molecular formula is C20H25ClN2O2S. The highest BCUT2D eigenvalue weighted by Crippen LogP contribution is 2.15. The zero-order valence-corrected chi connectivity index (χ0v) is 16.5. The molecule has 1 atom stereocenters. The third-order valence-electron chi connectivity index (χ3n) is 3.65. The van der Waals surface area contributed by atoms with Gasteiger partial charge in [-0.1, -0.05) is 65.3 Å². The first-order valence-corrected chi connectivity index (χ1v) is 10.1. The van der Waals surface area contributed by atoms with Crippen molar-refractivity contribution < 1.29 is 9.94 Å². The molecule has 4 nitrogen and oxygen atoms in total. The Morgan fingerprint density at radius 3 is 2.69 bits per heavy atom. The number of aliphatic hydroxyl groups excluding tert-OH is 1. The summed E-state index contributed by atoms with van der Waals surface area (Å²) in [6, 6.07) is 17.9. The Bertz CT molecular complexity index is 683. The van der Waals surface area contributed by atoms with Gasteiger partial charge in [0.25, 0.3) is 0 Å². The number of hydrogen-bond donors (Lipinski definition) is 2. The predicted octanol–water partition coefficient (Wildman–Crippen LogP) is 3.96. The van der Waals surface area contributed by atoms with Crippen LogP contribution in [0.3, 0.4) is 0 Å². The predicted molar refractivity (Wildman–Crippen MR) is 111 cm³/mol. The van der Waals surface area contributed by atoms with Crippen molar-refractivity contribution in [3.05, 3.63) is 70.7 Å². The molecule has 0 bridgehead atoms. The minimum Gasteiger partial charge on any atom is -0.393 e. The number of nitrogens with zero attached hydrogens (tertiary/aromatic N) is 1. The van der Waals surface area contributed by atoms with E-state index in [-0.39, 0.29) is 6.61 Å². The zero-order valence-electron chi connectivity index (χ0n) is 14.9. The summed E-state index contributed by atoms with van der Waals surface area (Å²) in [5.74, 6) is 2.00. The summed E-state index contributed by atoms with van der Waals surface area (Å²) in [7, 11) is 0. The Balaban J connectivity index is 1.55. The smallest absolute Gasteiger partial charge is 0.144 e. The normalized spacial score (nSPS) is 12.8. The molecule has 0 amide bonds. The van der Waals surface area contributed by atoms with E-state index < -0.39 is 6.10 Å². The van der Waals surface area contributed by atoms with Crippen molar-refractivity contribution in [1.82, 2.24) is 5.32 Å². The molecule has 2 aromatic rings.